The van der Waals surface area contributed by atoms with Gasteiger partial charge < -0.3 is 9.84 Å². The Morgan fingerprint density at radius 2 is 1.93 bits per heavy atom. The molecule has 0 aliphatic rings. The third-order valence-electron chi connectivity index (χ3n) is 2.30. The summed E-state index contributed by atoms with van der Waals surface area (Å²) in [5.41, 5.74) is 0. The fraction of sp³-hybridized carbons (Fsp3) is 1.00. The molecule has 0 aliphatic heterocycles. The lowest BCUT2D eigenvalue weighted by Crippen LogP contribution is -2.15. The van der Waals surface area contributed by atoms with E-state index in [9.17, 15) is 13.9 Å². The number of rotatable bonds is 9. The van der Waals surface area contributed by atoms with E-state index in [2.05, 4.69) is 13.8 Å². The lowest BCUT2D eigenvalue weighted by atomic mass is 9.97. The van der Waals surface area contributed by atoms with E-state index in [1.807, 2.05) is 0 Å². The van der Waals surface area contributed by atoms with E-state index in [4.69, 9.17) is 4.74 Å². The van der Waals surface area contributed by atoms with Gasteiger partial charge in [-0.2, -0.15) is 0 Å². The van der Waals surface area contributed by atoms with Crippen molar-refractivity contribution in [2.24, 2.45) is 5.92 Å². The Morgan fingerprint density at radius 3 is 2.47 bits per heavy atom. The molecule has 0 radical (unpaired) electrons. The molecule has 0 aromatic carbocycles. The SMILES string of the molecule is CCCC(C)CC(O)CCOCC(F)F. The normalized spacial score (nSPS) is 15.6. The summed E-state index contributed by atoms with van der Waals surface area (Å²) in [5, 5.41) is 9.54. The predicted octanol–water partition coefficient (Wildman–Crippen LogP) is 2.85. The number of aliphatic hydroxyl groups excluding tert-OH is 1. The van der Waals surface area contributed by atoms with Gasteiger partial charge in [0, 0.05) is 6.61 Å². The Hall–Kier alpha value is -0.220. The van der Waals surface area contributed by atoms with Crippen LogP contribution in [0.15, 0.2) is 0 Å². The van der Waals surface area contributed by atoms with Crippen molar-refractivity contribution in [2.45, 2.75) is 52.1 Å². The molecule has 2 atom stereocenters. The number of halogens is 2. The Morgan fingerprint density at radius 1 is 1.27 bits per heavy atom. The summed E-state index contributed by atoms with van der Waals surface area (Å²) in [6.45, 7) is 3.88. The van der Waals surface area contributed by atoms with Gasteiger partial charge >= 0.3 is 0 Å². The van der Waals surface area contributed by atoms with E-state index < -0.39 is 19.1 Å². The van der Waals surface area contributed by atoms with Crippen LogP contribution in [0, 0.1) is 5.92 Å². The highest BCUT2D eigenvalue weighted by atomic mass is 19.3. The van der Waals surface area contributed by atoms with Gasteiger partial charge in [-0.1, -0.05) is 26.7 Å². The van der Waals surface area contributed by atoms with Gasteiger partial charge in [-0.25, -0.2) is 8.78 Å². The van der Waals surface area contributed by atoms with Crippen molar-refractivity contribution in [3.63, 3.8) is 0 Å². The van der Waals surface area contributed by atoms with Crippen molar-refractivity contribution in [3.05, 3.63) is 0 Å². The average Bonchev–Trinajstić information content (AvgIpc) is 2.12. The number of hydrogen-bond acceptors (Lipinski definition) is 2. The molecule has 0 heterocycles. The van der Waals surface area contributed by atoms with Crippen molar-refractivity contribution >= 4 is 0 Å². The van der Waals surface area contributed by atoms with Crippen molar-refractivity contribution in [2.75, 3.05) is 13.2 Å². The Balaban J connectivity index is 3.36. The van der Waals surface area contributed by atoms with Gasteiger partial charge in [0.05, 0.1) is 6.10 Å². The van der Waals surface area contributed by atoms with Crippen LogP contribution in [0.1, 0.15) is 39.5 Å². The number of ether oxygens (including phenoxy) is 1. The highest BCUT2D eigenvalue weighted by Crippen LogP contribution is 2.14. The summed E-state index contributed by atoms with van der Waals surface area (Å²) in [4.78, 5) is 0. The smallest absolute Gasteiger partial charge is 0.261 e. The summed E-state index contributed by atoms with van der Waals surface area (Å²) >= 11 is 0. The van der Waals surface area contributed by atoms with Crippen LogP contribution in [-0.4, -0.2) is 30.8 Å². The molecular weight excluding hydrogens is 202 g/mol. The molecule has 0 bridgehead atoms. The van der Waals surface area contributed by atoms with Crippen LogP contribution in [0.3, 0.4) is 0 Å². The first-order valence-corrected chi connectivity index (χ1v) is 5.60. The molecule has 0 aromatic rings. The minimum Gasteiger partial charge on any atom is -0.393 e. The third-order valence-corrected chi connectivity index (χ3v) is 2.30. The molecule has 92 valence electrons. The Kier molecular flexibility index (Phi) is 8.91. The minimum absolute atomic E-state index is 0.213. The topological polar surface area (TPSA) is 29.5 Å². The first-order valence-electron chi connectivity index (χ1n) is 5.60. The van der Waals surface area contributed by atoms with Gasteiger partial charge in [0.15, 0.2) is 0 Å². The third kappa shape index (κ3) is 10.1. The quantitative estimate of drug-likeness (QED) is 0.610. The number of aliphatic hydroxyl groups is 1. The molecule has 2 unspecified atom stereocenters. The summed E-state index contributed by atoms with van der Waals surface area (Å²) < 4.78 is 28.1. The minimum atomic E-state index is -2.42. The lowest BCUT2D eigenvalue weighted by molar-refractivity contribution is 0.00263. The molecule has 1 N–H and O–H groups in total. The average molecular weight is 224 g/mol. The van der Waals surface area contributed by atoms with Gasteiger partial charge in [-0.3, -0.25) is 0 Å². The van der Waals surface area contributed by atoms with E-state index in [1.165, 1.54) is 0 Å². The zero-order chi connectivity index (χ0) is 11.7. The second-order valence-electron chi connectivity index (χ2n) is 4.04. The molecule has 0 spiro atoms. The maximum atomic E-state index is 11.7. The maximum Gasteiger partial charge on any atom is 0.261 e. The van der Waals surface area contributed by atoms with Crippen LogP contribution >= 0.6 is 0 Å². The van der Waals surface area contributed by atoms with E-state index in [-0.39, 0.29) is 6.61 Å². The predicted molar refractivity (Wildman–Crippen MR) is 56.1 cm³/mol. The fourth-order valence-electron chi connectivity index (χ4n) is 1.58. The van der Waals surface area contributed by atoms with Crippen LogP contribution in [0.5, 0.6) is 0 Å². The monoisotopic (exact) mass is 224 g/mol. The van der Waals surface area contributed by atoms with E-state index >= 15 is 0 Å². The molecule has 0 aromatic heterocycles. The molecule has 0 amide bonds. The molecule has 0 saturated carbocycles. The molecule has 15 heavy (non-hydrogen) atoms. The molecular formula is C11H22F2O2. The fourth-order valence-corrected chi connectivity index (χ4v) is 1.58. The largest absolute Gasteiger partial charge is 0.393 e. The molecule has 0 rings (SSSR count). The van der Waals surface area contributed by atoms with Crippen LogP contribution < -0.4 is 0 Å². The first-order chi connectivity index (χ1) is 7.06. The number of hydrogen-bond donors (Lipinski definition) is 1. The van der Waals surface area contributed by atoms with Crippen LogP contribution in [0.25, 0.3) is 0 Å². The lowest BCUT2D eigenvalue weighted by Gasteiger charge is -2.15. The summed E-state index contributed by atoms with van der Waals surface area (Å²) in [6.07, 6.45) is 0.530. The maximum absolute atomic E-state index is 11.7. The molecule has 2 nitrogen and oxygen atoms in total. The molecule has 0 aliphatic carbocycles. The van der Waals surface area contributed by atoms with E-state index in [0.29, 0.717) is 12.3 Å². The van der Waals surface area contributed by atoms with Crippen molar-refractivity contribution < 1.29 is 18.6 Å². The van der Waals surface area contributed by atoms with Crippen molar-refractivity contribution in [1.82, 2.24) is 0 Å². The zero-order valence-corrected chi connectivity index (χ0v) is 9.59. The highest BCUT2D eigenvalue weighted by Gasteiger charge is 2.10. The van der Waals surface area contributed by atoms with Gasteiger partial charge in [-0.15, -0.1) is 0 Å². The zero-order valence-electron chi connectivity index (χ0n) is 9.59. The van der Waals surface area contributed by atoms with Crippen molar-refractivity contribution in [3.8, 4) is 0 Å². The second kappa shape index (κ2) is 9.04. The van der Waals surface area contributed by atoms with E-state index in [1.54, 1.807) is 0 Å². The summed E-state index contributed by atoms with van der Waals surface area (Å²) in [7, 11) is 0. The second-order valence-corrected chi connectivity index (χ2v) is 4.04. The highest BCUT2D eigenvalue weighted by molar-refractivity contribution is 4.61. The van der Waals surface area contributed by atoms with Gasteiger partial charge in [0.2, 0.25) is 0 Å². The first kappa shape index (κ1) is 14.8. The molecule has 0 saturated heterocycles. The van der Waals surface area contributed by atoms with Crippen molar-refractivity contribution in [1.29, 1.82) is 0 Å². The standard InChI is InChI=1S/C11H22F2O2/c1-3-4-9(2)7-10(14)5-6-15-8-11(12)13/h9-11,14H,3-8H2,1-2H3. The summed E-state index contributed by atoms with van der Waals surface area (Å²) in [5.74, 6) is 0.486. The summed E-state index contributed by atoms with van der Waals surface area (Å²) in [6, 6.07) is 0. The van der Waals surface area contributed by atoms with Gasteiger partial charge in [-0.05, 0) is 18.8 Å². The van der Waals surface area contributed by atoms with Gasteiger partial charge in [0.1, 0.15) is 6.61 Å². The van der Waals surface area contributed by atoms with Gasteiger partial charge in [0.25, 0.3) is 6.43 Å². The number of alkyl halides is 2. The van der Waals surface area contributed by atoms with Crippen LogP contribution in [0.2, 0.25) is 0 Å². The van der Waals surface area contributed by atoms with Crippen LogP contribution in [0.4, 0.5) is 8.78 Å². The van der Waals surface area contributed by atoms with E-state index in [0.717, 1.165) is 19.3 Å². The Bertz CT molecular complexity index is 143. The molecule has 0 fully saturated rings. The van der Waals surface area contributed by atoms with Crippen LogP contribution in [-0.2, 0) is 4.74 Å². The molecule has 4 heteroatoms. The Labute approximate surface area is 90.6 Å².